The predicted molar refractivity (Wildman–Crippen MR) is 75.9 cm³/mol. The number of carbonyl (C=O) groups is 1. The molecule has 0 aromatic carbocycles. The highest BCUT2D eigenvalue weighted by Gasteiger charge is 2.24. The molecule has 6 nitrogen and oxygen atoms in total. The van der Waals surface area contributed by atoms with Gasteiger partial charge in [-0.3, -0.25) is 4.79 Å². The first kappa shape index (κ1) is 15.0. The van der Waals surface area contributed by atoms with E-state index in [1.165, 1.54) is 6.42 Å². The summed E-state index contributed by atoms with van der Waals surface area (Å²) in [5.41, 5.74) is 0.725. The number of amides is 1. The van der Waals surface area contributed by atoms with Crippen LogP contribution in [-0.2, 0) is 10.0 Å². The van der Waals surface area contributed by atoms with Crippen LogP contribution in [0.4, 0.5) is 0 Å². The number of hydrogen-bond donors (Lipinski definition) is 2. The van der Waals surface area contributed by atoms with E-state index >= 15 is 0 Å². The van der Waals surface area contributed by atoms with Crippen LogP contribution in [0.3, 0.4) is 0 Å². The molecule has 1 aromatic heterocycles. The number of carbonyl (C=O) groups excluding carboxylic acids is 1. The molecular formula is C13H21N3O3S. The molecule has 20 heavy (non-hydrogen) atoms. The number of aromatic amines is 1. The third kappa shape index (κ3) is 3.82. The van der Waals surface area contributed by atoms with E-state index in [1.807, 2.05) is 0 Å². The standard InChI is InChI=1S/C13H21N3O3S/c1-9-12(15-10(2)14-9)13(17)16-20(18,19)8-11-6-4-3-5-7-11/h11H,3-8H2,1-2H3,(H,14,15)(H,16,17). The summed E-state index contributed by atoms with van der Waals surface area (Å²) in [7, 11) is -3.59. The Hall–Kier alpha value is -1.37. The summed E-state index contributed by atoms with van der Waals surface area (Å²) in [4.78, 5) is 18.9. The molecule has 112 valence electrons. The Morgan fingerprint density at radius 3 is 2.50 bits per heavy atom. The van der Waals surface area contributed by atoms with Gasteiger partial charge >= 0.3 is 0 Å². The molecule has 1 amide bonds. The Bertz CT molecular complexity index is 586. The number of aryl methyl sites for hydroxylation is 2. The second-order valence-corrected chi connectivity index (χ2v) is 7.28. The van der Waals surface area contributed by atoms with Crippen molar-refractivity contribution in [2.45, 2.75) is 46.0 Å². The van der Waals surface area contributed by atoms with Gasteiger partial charge in [0.1, 0.15) is 11.5 Å². The van der Waals surface area contributed by atoms with Crippen LogP contribution >= 0.6 is 0 Å². The zero-order valence-electron chi connectivity index (χ0n) is 11.9. The van der Waals surface area contributed by atoms with Crippen molar-refractivity contribution in [2.24, 2.45) is 5.92 Å². The number of nitrogens with one attached hydrogen (secondary N) is 2. The van der Waals surface area contributed by atoms with Crippen molar-refractivity contribution in [1.82, 2.24) is 14.7 Å². The lowest BCUT2D eigenvalue weighted by Crippen LogP contribution is -2.35. The molecule has 0 bridgehead atoms. The normalized spacial score (nSPS) is 17.1. The van der Waals surface area contributed by atoms with E-state index in [9.17, 15) is 13.2 Å². The lowest BCUT2D eigenvalue weighted by Gasteiger charge is -2.21. The van der Waals surface area contributed by atoms with E-state index in [1.54, 1.807) is 13.8 Å². The van der Waals surface area contributed by atoms with Gasteiger partial charge in [-0.15, -0.1) is 0 Å². The topological polar surface area (TPSA) is 91.9 Å². The number of sulfonamides is 1. The molecule has 1 heterocycles. The molecule has 1 fully saturated rings. The van der Waals surface area contributed by atoms with Gasteiger partial charge < -0.3 is 4.98 Å². The van der Waals surface area contributed by atoms with E-state index in [0.29, 0.717) is 11.5 Å². The van der Waals surface area contributed by atoms with E-state index < -0.39 is 15.9 Å². The quantitative estimate of drug-likeness (QED) is 0.884. The molecule has 1 aliphatic rings. The maximum atomic E-state index is 12.0. The third-order valence-corrected chi connectivity index (χ3v) is 5.05. The van der Waals surface area contributed by atoms with E-state index in [-0.39, 0.29) is 17.4 Å². The average molecular weight is 299 g/mol. The van der Waals surface area contributed by atoms with Crippen LogP contribution in [0.25, 0.3) is 0 Å². The van der Waals surface area contributed by atoms with Crippen LogP contribution in [0.2, 0.25) is 0 Å². The first-order chi connectivity index (χ1) is 9.37. The second-order valence-electron chi connectivity index (χ2n) is 5.51. The van der Waals surface area contributed by atoms with Gasteiger partial charge in [-0.2, -0.15) is 0 Å². The largest absolute Gasteiger partial charge is 0.346 e. The zero-order valence-corrected chi connectivity index (χ0v) is 12.7. The molecule has 2 N–H and O–H groups in total. The summed E-state index contributed by atoms with van der Waals surface area (Å²) in [6.45, 7) is 3.42. The SMILES string of the molecule is Cc1nc(C(=O)NS(=O)(=O)CC2CCCCC2)c(C)[nH]1. The number of nitrogens with zero attached hydrogens (tertiary/aromatic N) is 1. The van der Waals surface area contributed by atoms with Crippen molar-refractivity contribution >= 4 is 15.9 Å². The maximum Gasteiger partial charge on any atom is 0.285 e. The molecule has 1 aromatic rings. The fourth-order valence-corrected chi connectivity index (χ4v) is 4.14. The van der Waals surface area contributed by atoms with Crippen molar-refractivity contribution in [2.75, 3.05) is 5.75 Å². The summed E-state index contributed by atoms with van der Waals surface area (Å²) >= 11 is 0. The second kappa shape index (κ2) is 5.95. The Kier molecular flexibility index (Phi) is 4.47. The van der Waals surface area contributed by atoms with Gasteiger partial charge in [0, 0.05) is 5.69 Å². The first-order valence-corrected chi connectivity index (χ1v) is 8.60. The van der Waals surface area contributed by atoms with Crippen LogP contribution in [0.1, 0.15) is 54.1 Å². The average Bonchev–Trinajstić information content (AvgIpc) is 2.68. The highest BCUT2D eigenvalue weighted by molar-refractivity contribution is 7.90. The Labute approximate surface area is 119 Å². The molecular weight excluding hydrogens is 278 g/mol. The van der Waals surface area contributed by atoms with Gasteiger partial charge in [0.2, 0.25) is 10.0 Å². The summed E-state index contributed by atoms with van der Waals surface area (Å²) in [5.74, 6) is 0.136. The number of hydrogen-bond acceptors (Lipinski definition) is 4. The van der Waals surface area contributed by atoms with E-state index in [0.717, 1.165) is 25.7 Å². The number of H-pyrrole nitrogens is 1. The van der Waals surface area contributed by atoms with Crippen molar-refractivity contribution < 1.29 is 13.2 Å². The molecule has 7 heteroatoms. The third-order valence-electron chi connectivity index (χ3n) is 3.65. The maximum absolute atomic E-state index is 12.0. The lowest BCUT2D eigenvalue weighted by molar-refractivity contribution is 0.0976. The fourth-order valence-electron chi connectivity index (χ4n) is 2.73. The van der Waals surface area contributed by atoms with E-state index in [2.05, 4.69) is 14.7 Å². The summed E-state index contributed by atoms with van der Waals surface area (Å²) in [5, 5.41) is 0. The monoisotopic (exact) mass is 299 g/mol. The summed E-state index contributed by atoms with van der Waals surface area (Å²) in [6, 6.07) is 0. The predicted octanol–water partition coefficient (Wildman–Crippen LogP) is 1.67. The minimum absolute atomic E-state index is 0.0290. The van der Waals surface area contributed by atoms with Gasteiger partial charge in [-0.05, 0) is 32.6 Å². The molecule has 2 rings (SSSR count). The van der Waals surface area contributed by atoms with Gasteiger partial charge in [0.25, 0.3) is 5.91 Å². The minimum Gasteiger partial charge on any atom is -0.346 e. The van der Waals surface area contributed by atoms with Crippen LogP contribution in [0.5, 0.6) is 0 Å². The Morgan fingerprint density at radius 2 is 1.95 bits per heavy atom. The van der Waals surface area contributed by atoms with Crippen LogP contribution in [0, 0.1) is 19.8 Å². The number of rotatable bonds is 4. The van der Waals surface area contributed by atoms with Gasteiger partial charge in [0.15, 0.2) is 0 Å². The molecule has 0 unspecified atom stereocenters. The number of imidazole rings is 1. The summed E-state index contributed by atoms with van der Waals surface area (Å²) < 4.78 is 26.2. The molecule has 0 saturated heterocycles. The molecule has 1 aliphatic carbocycles. The minimum atomic E-state index is -3.59. The van der Waals surface area contributed by atoms with Crippen LogP contribution in [-0.4, -0.2) is 30.0 Å². The smallest absolute Gasteiger partial charge is 0.285 e. The zero-order chi connectivity index (χ0) is 14.8. The van der Waals surface area contributed by atoms with Crippen LogP contribution < -0.4 is 4.72 Å². The fraction of sp³-hybridized carbons (Fsp3) is 0.692. The van der Waals surface area contributed by atoms with E-state index in [4.69, 9.17) is 0 Å². The molecule has 0 spiro atoms. The Morgan fingerprint density at radius 1 is 1.30 bits per heavy atom. The summed E-state index contributed by atoms with van der Waals surface area (Å²) in [6.07, 6.45) is 5.18. The van der Waals surface area contributed by atoms with Crippen molar-refractivity contribution in [3.05, 3.63) is 17.2 Å². The van der Waals surface area contributed by atoms with Gasteiger partial charge in [-0.25, -0.2) is 18.1 Å². The highest BCUT2D eigenvalue weighted by atomic mass is 32.2. The van der Waals surface area contributed by atoms with Crippen molar-refractivity contribution in [3.63, 3.8) is 0 Å². The molecule has 0 radical (unpaired) electrons. The molecule has 0 aliphatic heterocycles. The van der Waals surface area contributed by atoms with Crippen molar-refractivity contribution in [3.8, 4) is 0 Å². The van der Waals surface area contributed by atoms with Gasteiger partial charge in [-0.1, -0.05) is 19.3 Å². The van der Waals surface area contributed by atoms with Gasteiger partial charge in [0.05, 0.1) is 5.75 Å². The highest BCUT2D eigenvalue weighted by Crippen LogP contribution is 2.24. The molecule has 0 atom stereocenters. The lowest BCUT2D eigenvalue weighted by atomic mass is 9.91. The number of aromatic nitrogens is 2. The van der Waals surface area contributed by atoms with Crippen molar-refractivity contribution in [1.29, 1.82) is 0 Å². The van der Waals surface area contributed by atoms with Crippen LogP contribution in [0.15, 0.2) is 0 Å². The Balaban J connectivity index is 2.00. The first-order valence-electron chi connectivity index (χ1n) is 6.95. The molecule has 1 saturated carbocycles.